The maximum atomic E-state index is 12.3. The summed E-state index contributed by atoms with van der Waals surface area (Å²) in [5.41, 5.74) is 0.380. The summed E-state index contributed by atoms with van der Waals surface area (Å²) in [4.78, 5) is 27.9. The van der Waals surface area contributed by atoms with Gasteiger partial charge in [-0.05, 0) is 38.5 Å². The minimum atomic E-state index is -0.537. The molecule has 1 aromatic rings. The minimum Gasteiger partial charge on any atom is -0.444 e. The maximum Gasteiger partial charge on any atom is 0.410 e. The Morgan fingerprint density at radius 1 is 1.21 bits per heavy atom. The van der Waals surface area contributed by atoms with Crippen molar-refractivity contribution >= 4 is 23.6 Å². The number of ether oxygens (including phenoxy) is 1. The van der Waals surface area contributed by atoms with E-state index in [-0.39, 0.29) is 11.7 Å². The van der Waals surface area contributed by atoms with E-state index in [1.165, 1.54) is 0 Å². The van der Waals surface area contributed by atoms with Gasteiger partial charge in [-0.3, -0.25) is 4.79 Å². The number of rotatable bonds is 4. The summed E-state index contributed by atoms with van der Waals surface area (Å²) >= 11 is 5.84. The lowest BCUT2D eigenvalue weighted by molar-refractivity contribution is -0.117. The Bertz CT molecular complexity index is 770. The Labute approximate surface area is 170 Å². The molecule has 1 aromatic carbocycles. The average Bonchev–Trinajstić information content (AvgIpc) is 2.64. The fourth-order valence-corrected chi connectivity index (χ4v) is 2.69. The summed E-state index contributed by atoms with van der Waals surface area (Å²) in [6, 6.07) is 9.06. The molecule has 0 aromatic heterocycles. The Morgan fingerprint density at radius 3 is 2.36 bits per heavy atom. The van der Waals surface area contributed by atoms with E-state index in [2.05, 4.69) is 5.32 Å². The first-order valence-electron chi connectivity index (χ1n) is 9.04. The molecule has 0 aliphatic carbocycles. The van der Waals surface area contributed by atoms with Crippen LogP contribution in [-0.2, 0) is 16.1 Å². The van der Waals surface area contributed by atoms with Gasteiger partial charge in [0, 0.05) is 43.9 Å². The molecule has 0 spiro atoms. The third-order valence-corrected chi connectivity index (χ3v) is 4.26. The lowest BCUT2D eigenvalue weighted by Gasteiger charge is -2.35. The number of nitrogens with zero attached hydrogens (tertiary/aromatic N) is 3. The number of hydrogen-bond acceptors (Lipinski definition) is 5. The molecule has 0 saturated carbocycles. The van der Waals surface area contributed by atoms with Crippen LogP contribution in [0.4, 0.5) is 4.79 Å². The number of carbonyl (C=O) groups excluding carboxylic acids is 2. The number of hydrogen-bond donors (Lipinski definition) is 1. The number of amides is 2. The smallest absolute Gasteiger partial charge is 0.410 e. The number of carbonyl (C=O) groups is 2. The van der Waals surface area contributed by atoms with E-state index in [9.17, 15) is 14.9 Å². The Balaban J connectivity index is 1.87. The van der Waals surface area contributed by atoms with Gasteiger partial charge < -0.3 is 19.9 Å². The van der Waals surface area contributed by atoms with Gasteiger partial charge in [0.15, 0.2) is 0 Å². The summed E-state index contributed by atoms with van der Waals surface area (Å²) in [7, 11) is 0. The van der Waals surface area contributed by atoms with Crippen molar-refractivity contribution in [1.29, 1.82) is 5.26 Å². The standard InChI is InChI=1S/C20H25ClN4O3/c1-20(2,3)28-19(27)25-10-8-24(9-11-25)14-16(12-22)18(26)23-13-15-4-6-17(21)7-5-15/h4-7,14H,8-11,13H2,1-3H3,(H,23,26)/b16-14-. The molecule has 1 aliphatic rings. The predicted molar refractivity (Wildman–Crippen MR) is 106 cm³/mol. The third-order valence-electron chi connectivity index (χ3n) is 4.01. The van der Waals surface area contributed by atoms with Crippen molar-refractivity contribution < 1.29 is 14.3 Å². The molecule has 0 radical (unpaired) electrons. The van der Waals surface area contributed by atoms with Crippen molar-refractivity contribution in [3.05, 3.63) is 46.6 Å². The van der Waals surface area contributed by atoms with Crippen LogP contribution in [0.5, 0.6) is 0 Å². The maximum absolute atomic E-state index is 12.3. The largest absolute Gasteiger partial charge is 0.444 e. The molecule has 1 heterocycles. The van der Waals surface area contributed by atoms with E-state index in [4.69, 9.17) is 16.3 Å². The zero-order valence-corrected chi connectivity index (χ0v) is 17.1. The van der Waals surface area contributed by atoms with Crippen LogP contribution < -0.4 is 5.32 Å². The lowest BCUT2D eigenvalue weighted by Crippen LogP contribution is -2.48. The van der Waals surface area contributed by atoms with Gasteiger partial charge >= 0.3 is 6.09 Å². The van der Waals surface area contributed by atoms with Gasteiger partial charge in [-0.2, -0.15) is 5.26 Å². The Hall–Kier alpha value is -2.72. The zero-order valence-electron chi connectivity index (χ0n) is 16.4. The van der Waals surface area contributed by atoms with E-state index < -0.39 is 11.5 Å². The Kier molecular flexibility index (Phi) is 7.30. The number of halogens is 1. The van der Waals surface area contributed by atoms with Crippen molar-refractivity contribution in [2.45, 2.75) is 32.9 Å². The number of nitrogens with one attached hydrogen (secondary N) is 1. The first kappa shape index (κ1) is 21.6. The topological polar surface area (TPSA) is 85.7 Å². The molecule has 1 aliphatic heterocycles. The zero-order chi connectivity index (χ0) is 20.7. The summed E-state index contributed by atoms with van der Waals surface area (Å²) in [6.45, 7) is 7.77. The molecule has 8 heteroatoms. The summed E-state index contributed by atoms with van der Waals surface area (Å²) < 4.78 is 5.36. The van der Waals surface area contributed by atoms with Gasteiger partial charge in [0.25, 0.3) is 5.91 Å². The van der Waals surface area contributed by atoms with Gasteiger partial charge in [-0.25, -0.2) is 4.79 Å². The first-order chi connectivity index (χ1) is 13.2. The molecule has 2 amide bonds. The van der Waals surface area contributed by atoms with Gasteiger partial charge in [-0.15, -0.1) is 0 Å². The second-order valence-corrected chi connectivity index (χ2v) is 7.90. The molecule has 150 valence electrons. The molecule has 0 atom stereocenters. The number of benzene rings is 1. The summed E-state index contributed by atoms with van der Waals surface area (Å²) in [5, 5.41) is 12.7. The molecular weight excluding hydrogens is 380 g/mol. The number of nitriles is 1. The van der Waals surface area contributed by atoms with Crippen LogP contribution >= 0.6 is 11.6 Å². The van der Waals surface area contributed by atoms with Crippen molar-refractivity contribution in [1.82, 2.24) is 15.1 Å². The predicted octanol–water partition coefficient (Wildman–Crippen LogP) is 2.92. The minimum absolute atomic E-state index is 0.0275. The molecule has 1 saturated heterocycles. The fourth-order valence-electron chi connectivity index (χ4n) is 2.56. The fraction of sp³-hybridized carbons (Fsp3) is 0.450. The molecule has 1 N–H and O–H groups in total. The molecule has 2 rings (SSSR count). The van der Waals surface area contributed by atoms with Crippen molar-refractivity contribution in [2.24, 2.45) is 0 Å². The highest BCUT2D eigenvalue weighted by atomic mass is 35.5. The monoisotopic (exact) mass is 404 g/mol. The van der Waals surface area contributed by atoms with Crippen LogP contribution in [0.2, 0.25) is 5.02 Å². The second kappa shape index (κ2) is 9.47. The SMILES string of the molecule is CC(C)(C)OC(=O)N1CCN(/C=C(/C#N)C(=O)NCc2ccc(Cl)cc2)CC1. The van der Waals surface area contributed by atoms with Gasteiger partial charge in [0.1, 0.15) is 17.2 Å². The van der Waals surface area contributed by atoms with E-state index in [0.29, 0.717) is 37.7 Å². The number of piperazine rings is 1. The highest BCUT2D eigenvalue weighted by Crippen LogP contribution is 2.13. The van der Waals surface area contributed by atoms with Crippen LogP contribution in [0.3, 0.4) is 0 Å². The summed E-state index contributed by atoms with van der Waals surface area (Å²) in [6.07, 6.45) is 1.20. The average molecular weight is 405 g/mol. The van der Waals surface area contributed by atoms with Crippen LogP contribution in [0.1, 0.15) is 26.3 Å². The van der Waals surface area contributed by atoms with Crippen LogP contribution in [0.15, 0.2) is 36.0 Å². The summed E-state index contributed by atoms with van der Waals surface area (Å²) in [5.74, 6) is -0.438. The van der Waals surface area contributed by atoms with Crippen LogP contribution in [-0.4, -0.2) is 53.6 Å². The molecule has 1 fully saturated rings. The quantitative estimate of drug-likeness (QED) is 0.616. The second-order valence-electron chi connectivity index (χ2n) is 7.47. The van der Waals surface area contributed by atoms with Gasteiger partial charge in [-0.1, -0.05) is 23.7 Å². The van der Waals surface area contributed by atoms with Gasteiger partial charge in [0.05, 0.1) is 0 Å². The molecule has 28 heavy (non-hydrogen) atoms. The van der Waals surface area contributed by atoms with Gasteiger partial charge in [0.2, 0.25) is 0 Å². The molecule has 7 nitrogen and oxygen atoms in total. The highest BCUT2D eigenvalue weighted by Gasteiger charge is 2.25. The van der Waals surface area contributed by atoms with Crippen LogP contribution in [0, 0.1) is 11.3 Å². The molecule has 0 bridgehead atoms. The van der Waals surface area contributed by atoms with E-state index >= 15 is 0 Å². The lowest BCUT2D eigenvalue weighted by atomic mass is 10.2. The normalized spacial score (nSPS) is 15.0. The first-order valence-corrected chi connectivity index (χ1v) is 9.42. The highest BCUT2D eigenvalue weighted by molar-refractivity contribution is 6.30. The van der Waals surface area contributed by atoms with E-state index in [0.717, 1.165) is 5.56 Å². The van der Waals surface area contributed by atoms with Crippen molar-refractivity contribution in [3.63, 3.8) is 0 Å². The Morgan fingerprint density at radius 2 is 1.82 bits per heavy atom. The van der Waals surface area contributed by atoms with Crippen LogP contribution in [0.25, 0.3) is 0 Å². The van der Waals surface area contributed by atoms with E-state index in [1.807, 2.05) is 43.9 Å². The van der Waals surface area contributed by atoms with Crippen molar-refractivity contribution in [3.8, 4) is 6.07 Å². The third kappa shape index (κ3) is 6.78. The molecular formula is C20H25ClN4O3. The van der Waals surface area contributed by atoms with E-state index in [1.54, 1.807) is 23.2 Å². The molecule has 0 unspecified atom stereocenters. The van der Waals surface area contributed by atoms with Crippen molar-refractivity contribution in [2.75, 3.05) is 26.2 Å².